The first-order chi connectivity index (χ1) is 13.2. The topological polar surface area (TPSA) is 33.7 Å². The summed E-state index contributed by atoms with van der Waals surface area (Å²) in [5.41, 5.74) is 1.87. The Morgan fingerprint density at radius 3 is 2.39 bits per heavy atom. The van der Waals surface area contributed by atoms with Gasteiger partial charge in [-0.05, 0) is 23.3 Å². The fourth-order valence-electron chi connectivity index (χ4n) is 3.41. The molecule has 1 N–H and O–H groups in total. The molecule has 3 rings (SSSR count). The van der Waals surface area contributed by atoms with E-state index >= 15 is 0 Å². The molecule has 0 amide bonds. The van der Waals surface area contributed by atoms with E-state index in [1.165, 1.54) is 0 Å². The number of piperazine rings is 1. The van der Waals surface area contributed by atoms with Gasteiger partial charge < -0.3 is 14.8 Å². The number of rotatable bonds is 8. The highest BCUT2D eigenvalue weighted by molar-refractivity contribution is 5.85. The molecule has 2 aromatic carbocycles. The first kappa shape index (κ1) is 22.4. The lowest BCUT2D eigenvalue weighted by molar-refractivity contribution is 0.0737. The molecule has 0 aromatic heterocycles. The maximum absolute atomic E-state index is 13.2. The number of halogens is 3. The molecule has 7 heteroatoms. The number of alkyl halides is 2. The molecule has 1 aliphatic rings. The van der Waals surface area contributed by atoms with Crippen LogP contribution in [0.15, 0.2) is 48.5 Å². The van der Waals surface area contributed by atoms with Crippen LogP contribution in [0.5, 0.6) is 11.5 Å². The van der Waals surface area contributed by atoms with Gasteiger partial charge in [0.05, 0.1) is 7.11 Å². The fourth-order valence-corrected chi connectivity index (χ4v) is 3.41. The van der Waals surface area contributed by atoms with E-state index < -0.39 is 6.43 Å². The number of nitrogens with one attached hydrogen (secondary N) is 1. The summed E-state index contributed by atoms with van der Waals surface area (Å²) < 4.78 is 37.8. The molecule has 1 aliphatic heterocycles. The second kappa shape index (κ2) is 11.2. The van der Waals surface area contributed by atoms with Gasteiger partial charge in [-0.2, -0.15) is 0 Å². The smallest absolute Gasteiger partial charge is 0.240 e. The highest BCUT2D eigenvalue weighted by atomic mass is 35.5. The average molecular weight is 413 g/mol. The quantitative estimate of drug-likeness (QED) is 0.701. The van der Waals surface area contributed by atoms with Crippen molar-refractivity contribution >= 4 is 12.4 Å². The number of benzene rings is 2. The lowest BCUT2D eigenvalue weighted by Crippen LogP contribution is -2.45. The summed E-state index contributed by atoms with van der Waals surface area (Å²) in [6.07, 6.45) is -2.55. The molecule has 154 valence electrons. The zero-order valence-corrected chi connectivity index (χ0v) is 16.8. The van der Waals surface area contributed by atoms with Crippen molar-refractivity contribution in [2.24, 2.45) is 0 Å². The van der Waals surface area contributed by atoms with E-state index in [1.807, 2.05) is 42.5 Å². The number of nitrogens with zero attached hydrogens (tertiary/aromatic N) is 1. The highest BCUT2D eigenvalue weighted by Crippen LogP contribution is 2.35. The average Bonchev–Trinajstić information content (AvgIpc) is 2.71. The molecule has 0 unspecified atom stereocenters. The molecule has 1 saturated heterocycles. The molecular weight excluding hydrogens is 386 g/mol. The second-order valence-electron chi connectivity index (χ2n) is 6.61. The molecule has 0 saturated carbocycles. The first-order valence-electron chi connectivity index (χ1n) is 9.25. The predicted molar refractivity (Wildman–Crippen MR) is 109 cm³/mol. The zero-order chi connectivity index (χ0) is 19.1. The summed E-state index contributed by atoms with van der Waals surface area (Å²) in [5.74, 6) is 1.18. The van der Waals surface area contributed by atoms with Gasteiger partial charge in [0.2, 0.25) is 6.43 Å². The monoisotopic (exact) mass is 412 g/mol. The Labute approximate surface area is 171 Å². The van der Waals surface area contributed by atoms with Crippen LogP contribution >= 0.6 is 12.4 Å². The Hall–Kier alpha value is -1.89. The van der Waals surface area contributed by atoms with Crippen LogP contribution in [0.2, 0.25) is 0 Å². The highest BCUT2D eigenvalue weighted by Gasteiger charge is 2.26. The number of methoxy groups -OCH3 is 1. The van der Waals surface area contributed by atoms with Crippen molar-refractivity contribution in [3.8, 4) is 11.5 Å². The van der Waals surface area contributed by atoms with Gasteiger partial charge in [0.25, 0.3) is 0 Å². The third-order valence-corrected chi connectivity index (χ3v) is 4.80. The molecular formula is C21H27ClF2N2O2. The Balaban J connectivity index is 0.00000280. The normalized spacial score (nSPS) is 15.7. The van der Waals surface area contributed by atoms with Gasteiger partial charge in [0.1, 0.15) is 6.61 Å². The van der Waals surface area contributed by atoms with E-state index in [1.54, 1.807) is 13.2 Å². The Bertz CT molecular complexity index is 713. The van der Waals surface area contributed by atoms with Gasteiger partial charge in [0, 0.05) is 38.6 Å². The molecule has 0 spiro atoms. The summed E-state index contributed by atoms with van der Waals surface area (Å²) in [6, 6.07) is 15.0. The van der Waals surface area contributed by atoms with Gasteiger partial charge in [-0.25, -0.2) is 8.78 Å². The molecule has 4 nitrogen and oxygen atoms in total. The van der Waals surface area contributed by atoms with Crippen molar-refractivity contribution in [3.05, 3.63) is 59.7 Å². The Kier molecular flexibility index (Phi) is 8.96. The van der Waals surface area contributed by atoms with E-state index in [0.717, 1.165) is 37.3 Å². The minimum absolute atomic E-state index is 0. The minimum atomic E-state index is -2.36. The summed E-state index contributed by atoms with van der Waals surface area (Å²) in [6.45, 7) is 3.53. The van der Waals surface area contributed by atoms with Crippen LogP contribution in [-0.4, -0.2) is 44.6 Å². The third kappa shape index (κ3) is 6.06. The molecule has 0 aliphatic carbocycles. The van der Waals surface area contributed by atoms with E-state index in [-0.39, 0.29) is 24.9 Å². The van der Waals surface area contributed by atoms with Crippen molar-refractivity contribution in [1.29, 1.82) is 0 Å². The van der Waals surface area contributed by atoms with E-state index in [4.69, 9.17) is 9.47 Å². The van der Waals surface area contributed by atoms with Crippen LogP contribution in [0.1, 0.15) is 23.6 Å². The zero-order valence-electron chi connectivity index (χ0n) is 15.9. The van der Waals surface area contributed by atoms with Crippen LogP contribution in [0.4, 0.5) is 8.78 Å². The van der Waals surface area contributed by atoms with E-state index in [0.29, 0.717) is 18.1 Å². The van der Waals surface area contributed by atoms with Crippen molar-refractivity contribution in [1.82, 2.24) is 10.2 Å². The summed E-state index contributed by atoms with van der Waals surface area (Å²) in [4.78, 5) is 2.12. The lowest BCUT2D eigenvalue weighted by atomic mass is 10.0. The van der Waals surface area contributed by atoms with Crippen LogP contribution in [0.3, 0.4) is 0 Å². The Morgan fingerprint density at radius 1 is 1.04 bits per heavy atom. The molecule has 1 atom stereocenters. The van der Waals surface area contributed by atoms with Crippen molar-refractivity contribution in [2.75, 3.05) is 33.3 Å². The minimum Gasteiger partial charge on any atom is -0.493 e. The lowest BCUT2D eigenvalue weighted by Gasteiger charge is -2.35. The van der Waals surface area contributed by atoms with Crippen molar-refractivity contribution in [2.45, 2.75) is 25.5 Å². The van der Waals surface area contributed by atoms with Gasteiger partial charge in [0.15, 0.2) is 11.5 Å². The molecule has 2 aromatic rings. The van der Waals surface area contributed by atoms with Gasteiger partial charge >= 0.3 is 0 Å². The van der Waals surface area contributed by atoms with Gasteiger partial charge in [-0.15, -0.1) is 12.4 Å². The van der Waals surface area contributed by atoms with Crippen molar-refractivity contribution in [3.63, 3.8) is 0 Å². The standard InChI is InChI=1S/C21H26F2N2O2.ClH/c1-26-19-8-7-17(13-20(19)27-15-16-5-3-2-4-6-16)18(14-21(22)23)25-11-9-24-10-12-25;/h2-8,13,18,21,24H,9-12,14-15H2,1H3;1H/t18-;/m0./s1. The molecule has 0 bridgehead atoms. The van der Waals surface area contributed by atoms with Gasteiger partial charge in [-0.1, -0.05) is 36.4 Å². The van der Waals surface area contributed by atoms with Crippen LogP contribution in [0, 0.1) is 0 Å². The number of hydrogen-bond acceptors (Lipinski definition) is 4. The molecule has 28 heavy (non-hydrogen) atoms. The number of hydrogen-bond donors (Lipinski definition) is 1. The van der Waals surface area contributed by atoms with Gasteiger partial charge in [-0.3, -0.25) is 4.90 Å². The van der Waals surface area contributed by atoms with E-state index in [2.05, 4.69) is 10.2 Å². The number of ether oxygens (including phenoxy) is 2. The Morgan fingerprint density at radius 2 is 1.75 bits per heavy atom. The molecule has 0 radical (unpaired) electrons. The molecule has 1 fully saturated rings. The first-order valence-corrected chi connectivity index (χ1v) is 9.25. The second-order valence-corrected chi connectivity index (χ2v) is 6.61. The third-order valence-electron chi connectivity index (χ3n) is 4.80. The largest absolute Gasteiger partial charge is 0.493 e. The summed E-state index contributed by atoms with van der Waals surface area (Å²) >= 11 is 0. The fraction of sp³-hybridized carbons (Fsp3) is 0.429. The maximum atomic E-state index is 13.2. The SMILES string of the molecule is COc1ccc([C@H](CC(F)F)N2CCNCC2)cc1OCc1ccccc1.Cl. The van der Waals surface area contributed by atoms with E-state index in [9.17, 15) is 8.78 Å². The van der Waals surface area contributed by atoms with Crippen LogP contribution < -0.4 is 14.8 Å². The maximum Gasteiger partial charge on any atom is 0.240 e. The van der Waals surface area contributed by atoms with Crippen molar-refractivity contribution < 1.29 is 18.3 Å². The molecule has 1 heterocycles. The van der Waals surface area contributed by atoms with Crippen LogP contribution in [0.25, 0.3) is 0 Å². The van der Waals surface area contributed by atoms with Crippen LogP contribution in [-0.2, 0) is 6.61 Å². The summed E-state index contributed by atoms with van der Waals surface area (Å²) in [7, 11) is 1.58. The predicted octanol–water partition coefficient (Wildman–Crippen LogP) is 4.30. The summed E-state index contributed by atoms with van der Waals surface area (Å²) in [5, 5.41) is 3.27.